The molecule has 1 aliphatic rings. The molecule has 1 saturated heterocycles. The van der Waals surface area contributed by atoms with Crippen molar-refractivity contribution in [1.82, 2.24) is 29.9 Å². The molecule has 0 aromatic carbocycles. The lowest BCUT2D eigenvalue weighted by Crippen LogP contribution is -2.32. The molecule has 1 aliphatic heterocycles. The number of pyridine rings is 1. The second-order valence-electron chi connectivity index (χ2n) is 7.01. The topological polar surface area (TPSA) is 81.9 Å². The van der Waals surface area contributed by atoms with E-state index in [0.717, 1.165) is 6.92 Å². The van der Waals surface area contributed by atoms with Crippen LogP contribution in [0.3, 0.4) is 0 Å². The van der Waals surface area contributed by atoms with Crippen molar-refractivity contribution in [2.24, 2.45) is 0 Å². The lowest BCUT2D eigenvalue weighted by atomic mass is 10.3. The van der Waals surface area contributed by atoms with Crippen LogP contribution in [0.25, 0.3) is 11.2 Å². The van der Waals surface area contributed by atoms with Crippen LogP contribution in [-0.2, 0) is 6.54 Å². The van der Waals surface area contributed by atoms with Gasteiger partial charge < -0.3 is 9.64 Å². The van der Waals surface area contributed by atoms with Crippen LogP contribution in [0.5, 0.6) is 6.01 Å². The van der Waals surface area contributed by atoms with Gasteiger partial charge in [0.2, 0.25) is 0 Å². The summed E-state index contributed by atoms with van der Waals surface area (Å²) >= 11 is 6.11. The fourth-order valence-corrected chi connectivity index (χ4v) is 3.20. The monoisotopic (exact) mass is 463 g/mol. The summed E-state index contributed by atoms with van der Waals surface area (Å²) < 4.78 is 72.5. The molecule has 0 bridgehead atoms. The molecule has 0 amide bonds. The highest BCUT2D eigenvalue weighted by Crippen LogP contribution is 2.34. The van der Waals surface area contributed by atoms with E-state index in [1.165, 1.54) is 15.8 Å². The number of fused-ring (bicyclic) bond motifs is 1. The first kappa shape index (κ1) is 21.4. The molecule has 31 heavy (non-hydrogen) atoms. The average molecular weight is 464 g/mol. The smallest absolute Gasteiger partial charge is 0.425 e. The van der Waals surface area contributed by atoms with E-state index in [1.54, 1.807) is 12.1 Å². The summed E-state index contributed by atoms with van der Waals surface area (Å²) in [6.07, 6.45) is -5.80. The largest absolute Gasteiger partial charge is 0.451 e. The van der Waals surface area contributed by atoms with Crippen LogP contribution in [-0.4, -0.2) is 61.2 Å². The molecule has 3 aromatic rings. The first-order valence-electron chi connectivity index (χ1n) is 9.10. The van der Waals surface area contributed by atoms with Crippen LogP contribution in [0.15, 0.2) is 18.3 Å². The molecule has 8 nitrogen and oxygen atoms in total. The molecule has 3 aromatic heterocycles. The first-order chi connectivity index (χ1) is 14.5. The number of anilines is 1. The molecule has 14 heteroatoms. The highest BCUT2D eigenvalue weighted by Gasteiger charge is 2.41. The van der Waals surface area contributed by atoms with Gasteiger partial charge in [0.05, 0.1) is 23.8 Å². The summed E-state index contributed by atoms with van der Waals surface area (Å²) in [5.41, 5.74) is 0.470. The Morgan fingerprint density at radius 3 is 2.71 bits per heavy atom. The molecule has 0 N–H and O–H groups in total. The number of alkyl halides is 5. The van der Waals surface area contributed by atoms with E-state index < -0.39 is 37.2 Å². The van der Waals surface area contributed by atoms with E-state index in [9.17, 15) is 22.0 Å². The Morgan fingerprint density at radius 2 is 2.06 bits per heavy atom. The van der Waals surface area contributed by atoms with Crippen molar-refractivity contribution in [1.29, 1.82) is 0 Å². The minimum Gasteiger partial charge on any atom is -0.451 e. The van der Waals surface area contributed by atoms with Gasteiger partial charge in [-0.1, -0.05) is 16.8 Å². The van der Waals surface area contributed by atoms with E-state index in [4.69, 9.17) is 16.3 Å². The van der Waals surface area contributed by atoms with Gasteiger partial charge in [0.1, 0.15) is 0 Å². The molecule has 1 atom stereocenters. The third kappa shape index (κ3) is 4.45. The lowest BCUT2D eigenvalue weighted by molar-refractivity contribution is -0.190. The number of hydrogen-bond donors (Lipinski definition) is 0. The van der Waals surface area contributed by atoms with Crippen LogP contribution in [0.4, 0.5) is 27.8 Å². The molecular formula is C17H15ClF5N7O. The second kappa shape index (κ2) is 7.70. The Hall–Kier alpha value is -2.83. The Labute approximate surface area is 177 Å². The summed E-state index contributed by atoms with van der Waals surface area (Å²) in [4.78, 5) is 13.3. The number of nitrogens with zero attached hydrogens (tertiary/aromatic N) is 7. The number of hydrogen-bond acceptors (Lipinski definition) is 7. The summed E-state index contributed by atoms with van der Waals surface area (Å²) in [5, 5.41) is 8.24. The lowest BCUT2D eigenvalue weighted by Gasteiger charge is -2.20. The quantitative estimate of drug-likeness (QED) is 0.536. The maximum Gasteiger partial charge on any atom is 0.425 e. The van der Waals surface area contributed by atoms with E-state index >= 15 is 0 Å². The Balaban J connectivity index is 1.78. The molecule has 1 fully saturated rings. The van der Waals surface area contributed by atoms with E-state index in [-0.39, 0.29) is 30.1 Å². The van der Waals surface area contributed by atoms with E-state index in [2.05, 4.69) is 25.3 Å². The Morgan fingerprint density at radius 1 is 1.29 bits per heavy atom. The number of halogens is 6. The molecule has 0 unspecified atom stereocenters. The van der Waals surface area contributed by atoms with Gasteiger partial charge in [-0.3, -0.25) is 4.98 Å². The van der Waals surface area contributed by atoms with E-state index in [1.807, 2.05) is 0 Å². The minimum atomic E-state index is -4.67. The predicted molar refractivity (Wildman–Crippen MR) is 99.4 cm³/mol. The zero-order chi connectivity index (χ0) is 22.4. The van der Waals surface area contributed by atoms with Crippen molar-refractivity contribution < 1.29 is 26.7 Å². The average Bonchev–Trinajstić information content (AvgIpc) is 3.25. The van der Waals surface area contributed by atoms with Crippen molar-refractivity contribution in [3.8, 4) is 6.01 Å². The molecular weight excluding hydrogens is 449 g/mol. The number of ether oxygens (including phenoxy) is 1. The van der Waals surface area contributed by atoms with Crippen LogP contribution in [0, 0.1) is 0 Å². The maximum atomic E-state index is 13.8. The van der Waals surface area contributed by atoms with Crippen molar-refractivity contribution in [3.63, 3.8) is 0 Å². The second-order valence-corrected chi connectivity index (χ2v) is 7.42. The van der Waals surface area contributed by atoms with Crippen LogP contribution in [0.2, 0.25) is 5.02 Å². The van der Waals surface area contributed by atoms with Crippen molar-refractivity contribution in [3.05, 3.63) is 29.0 Å². The van der Waals surface area contributed by atoms with Gasteiger partial charge in [0.15, 0.2) is 23.1 Å². The van der Waals surface area contributed by atoms with Gasteiger partial charge >= 0.3 is 12.2 Å². The third-order valence-electron chi connectivity index (χ3n) is 4.67. The van der Waals surface area contributed by atoms with Gasteiger partial charge in [-0.15, -0.1) is 5.10 Å². The van der Waals surface area contributed by atoms with Gasteiger partial charge in [0.25, 0.3) is 5.92 Å². The fourth-order valence-electron chi connectivity index (χ4n) is 3.02. The molecule has 4 rings (SSSR count). The summed E-state index contributed by atoms with van der Waals surface area (Å²) in [6.45, 7) is 0.0656. The fraction of sp³-hybridized carbons (Fsp3) is 0.471. The molecule has 0 spiro atoms. The zero-order valence-electron chi connectivity index (χ0n) is 15.9. The van der Waals surface area contributed by atoms with Crippen molar-refractivity contribution >= 4 is 28.6 Å². The highest BCUT2D eigenvalue weighted by atomic mass is 35.5. The molecule has 166 valence electrons. The van der Waals surface area contributed by atoms with E-state index in [0.29, 0.717) is 10.7 Å². The van der Waals surface area contributed by atoms with Crippen LogP contribution < -0.4 is 9.64 Å². The Kier molecular flexibility index (Phi) is 5.31. The summed E-state index contributed by atoms with van der Waals surface area (Å²) in [6, 6.07) is 2.61. The summed E-state index contributed by atoms with van der Waals surface area (Å²) in [5.74, 6) is -3.04. The maximum absolute atomic E-state index is 13.8. The standard InChI is InChI=1S/C17H15ClF5N7O/c1-9(17(21,22)23)31-15-25-13(29-6-4-16(19,20)8-29)12-14(26-15)30(28-27-12)7-11-10(18)3-2-5-24-11/h2-3,5,9H,4,6-8H2,1H3/t9-/m0/s1. The van der Waals surface area contributed by atoms with Gasteiger partial charge in [0, 0.05) is 19.2 Å². The molecule has 0 saturated carbocycles. The van der Waals surface area contributed by atoms with Crippen molar-refractivity contribution in [2.75, 3.05) is 18.0 Å². The number of rotatable bonds is 5. The third-order valence-corrected chi connectivity index (χ3v) is 5.01. The predicted octanol–water partition coefficient (Wildman–Crippen LogP) is 3.49. The van der Waals surface area contributed by atoms with Crippen LogP contribution >= 0.6 is 11.6 Å². The summed E-state index contributed by atoms with van der Waals surface area (Å²) in [7, 11) is 0. The number of aromatic nitrogens is 6. The molecule has 0 aliphatic carbocycles. The van der Waals surface area contributed by atoms with Crippen LogP contribution in [0.1, 0.15) is 19.0 Å². The molecule has 0 radical (unpaired) electrons. The molecule has 4 heterocycles. The normalized spacial score (nSPS) is 17.3. The first-order valence-corrected chi connectivity index (χ1v) is 9.48. The van der Waals surface area contributed by atoms with Gasteiger partial charge in [-0.2, -0.15) is 23.1 Å². The zero-order valence-corrected chi connectivity index (χ0v) is 16.7. The van der Waals surface area contributed by atoms with Gasteiger partial charge in [-0.05, 0) is 19.1 Å². The minimum absolute atomic E-state index is 0.00293. The Bertz CT molecular complexity index is 1110. The SMILES string of the molecule is C[C@H](Oc1nc(N2CCC(F)(F)C2)c2nnn(Cc3ncccc3Cl)c2n1)C(F)(F)F. The van der Waals surface area contributed by atoms with Gasteiger partial charge in [-0.25, -0.2) is 13.5 Å². The highest BCUT2D eigenvalue weighted by molar-refractivity contribution is 6.31. The van der Waals surface area contributed by atoms with Crippen molar-refractivity contribution in [2.45, 2.75) is 38.1 Å².